The average Bonchev–Trinajstić information content (AvgIpc) is 2.18. The molecule has 0 amide bonds. The number of rotatable bonds is 4. The highest BCUT2D eigenvalue weighted by molar-refractivity contribution is 4.88. The molecule has 2 heteroatoms. The zero-order valence-corrected chi connectivity index (χ0v) is 10.7. The molecule has 1 rings (SSSR count). The van der Waals surface area contributed by atoms with Gasteiger partial charge < -0.3 is 5.32 Å². The number of allylic oxidation sites excluding steroid dienone is 1. The Kier molecular flexibility index (Phi) is 5.34. The van der Waals surface area contributed by atoms with Crippen LogP contribution in [0.4, 0.5) is 0 Å². The van der Waals surface area contributed by atoms with Crippen molar-refractivity contribution in [2.45, 2.75) is 46.2 Å². The van der Waals surface area contributed by atoms with Crippen molar-refractivity contribution in [2.75, 3.05) is 19.6 Å². The van der Waals surface area contributed by atoms with Gasteiger partial charge in [-0.1, -0.05) is 26.0 Å². The first kappa shape index (κ1) is 12.7. The minimum absolute atomic E-state index is 0.644. The molecule has 0 saturated carbocycles. The second-order valence-electron chi connectivity index (χ2n) is 4.97. The van der Waals surface area contributed by atoms with E-state index in [4.69, 9.17) is 0 Å². The van der Waals surface area contributed by atoms with E-state index in [9.17, 15) is 0 Å². The minimum Gasteiger partial charge on any atom is -0.311 e. The molecule has 88 valence electrons. The quantitative estimate of drug-likeness (QED) is 0.716. The fraction of sp³-hybridized carbons (Fsp3) is 0.846. The van der Waals surface area contributed by atoms with Crippen molar-refractivity contribution in [3.05, 3.63) is 12.2 Å². The summed E-state index contributed by atoms with van der Waals surface area (Å²) < 4.78 is 0. The Bertz CT molecular complexity index is 199. The van der Waals surface area contributed by atoms with Crippen molar-refractivity contribution in [1.29, 1.82) is 0 Å². The smallest absolute Gasteiger partial charge is 0.0244 e. The molecule has 0 aromatic rings. The number of hydrogen-bond donors (Lipinski definition) is 1. The second-order valence-corrected chi connectivity index (χ2v) is 4.97. The van der Waals surface area contributed by atoms with Gasteiger partial charge in [-0.2, -0.15) is 0 Å². The lowest BCUT2D eigenvalue weighted by atomic mass is 9.98. The van der Waals surface area contributed by atoms with Gasteiger partial charge in [-0.25, -0.2) is 0 Å². The summed E-state index contributed by atoms with van der Waals surface area (Å²) in [5.41, 5.74) is 0. The highest BCUT2D eigenvalue weighted by Crippen LogP contribution is 2.15. The number of hydrogen-bond acceptors (Lipinski definition) is 2. The first-order valence-electron chi connectivity index (χ1n) is 6.23. The molecular formula is C13H26N2. The van der Waals surface area contributed by atoms with Crippen LogP contribution in [-0.2, 0) is 0 Å². The van der Waals surface area contributed by atoms with Gasteiger partial charge in [-0.3, -0.25) is 4.90 Å². The van der Waals surface area contributed by atoms with Crippen molar-refractivity contribution in [1.82, 2.24) is 10.2 Å². The van der Waals surface area contributed by atoms with Gasteiger partial charge in [0.1, 0.15) is 0 Å². The van der Waals surface area contributed by atoms with Crippen molar-refractivity contribution >= 4 is 0 Å². The van der Waals surface area contributed by atoms with Gasteiger partial charge in [0.2, 0.25) is 0 Å². The molecule has 1 heterocycles. The summed E-state index contributed by atoms with van der Waals surface area (Å²) in [4.78, 5) is 2.64. The van der Waals surface area contributed by atoms with Crippen molar-refractivity contribution in [3.8, 4) is 0 Å². The minimum atomic E-state index is 0.644. The largest absolute Gasteiger partial charge is 0.311 e. The highest BCUT2D eigenvalue weighted by atomic mass is 15.2. The normalized spacial score (nSPS) is 29.1. The number of nitrogens with zero attached hydrogens (tertiary/aromatic N) is 1. The first-order chi connectivity index (χ1) is 7.15. The molecule has 1 fully saturated rings. The van der Waals surface area contributed by atoms with E-state index < -0.39 is 0 Å². The fourth-order valence-corrected chi connectivity index (χ4v) is 2.32. The Hall–Kier alpha value is -0.340. The maximum Gasteiger partial charge on any atom is 0.0244 e. The van der Waals surface area contributed by atoms with Gasteiger partial charge in [0.25, 0.3) is 0 Å². The fourth-order valence-electron chi connectivity index (χ4n) is 2.32. The molecule has 0 aromatic heterocycles. The third-order valence-electron chi connectivity index (χ3n) is 3.24. The first-order valence-corrected chi connectivity index (χ1v) is 6.23. The Morgan fingerprint density at radius 3 is 2.80 bits per heavy atom. The molecule has 1 aliphatic heterocycles. The Morgan fingerprint density at radius 2 is 2.20 bits per heavy atom. The van der Waals surface area contributed by atoms with Crippen LogP contribution in [-0.4, -0.2) is 36.6 Å². The summed E-state index contributed by atoms with van der Waals surface area (Å²) >= 11 is 0. The topological polar surface area (TPSA) is 15.3 Å². The van der Waals surface area contributed by atoms with Crippen LogP contribution in [0.5, 0.6) is 0 Å². The zero-order valence-electron chi connectivity index (χ0n) is 10.7. The predicted molar refractivity (Wildman–Crippen MR) is 67.1 cm³/mol. The van der Waals surface area contributed by atoms with E-state index in [2.05, 4.69) is 50.1 Å². The van der Waals surface area contributed by atoms with E-state index >= 15 is 0 Å². The molecule has 0 aromatic carbocycles. The Labute approximate surface area is 94.7 Å². The van der Waals surface area contributed by atoms with Gasteiger partial charge in [0.15, 0.2) is 0 Å². The van der Waals surface area contributed by atoms with Crippen LogP contribution in [0.25, 0.3) is 0 Å². The Morgan fingerprint density at radius 1 is 1.47 bits per heavy atom. The maximum absolute atomic E-state index is 3.57. The molecule has 15 heavy (non-hydrogen) atoms. The van der Waals surface area contributed by atoms with Crippen LogP contribution in [0.3, 0.4) is 0 Å². The van der Waals surface area contributed by atoms with E-state index in [1.54, 1.807) is 0 Å². The summed E-state index contributed by atoms with van der Waals surface area (Å²) in [6.07, 6.45) is 5.60. The van der Waals surface area contributed by atoms with Crippen molar-refractivity contribution in [2.24, 2.45) is 5.92 Å². The molecule has 1 N–H and O–H groups in total. The molecule has 0 radical (unpaired) electrons. The van der Waals surface area contributed by atoms with Crippen LogP contribution >= 0.6 is 0 Å². The van der Waals surface area contributed by atoms with Crippen LogP contribution in [0.1, 0.15) is 34.1 Å². The molecule has 0 aliphatic carbocycles. The summed E-state index contributed by atoms with van der Waals surface area (Å²) in [6, 6.07) is 1.36. The van der Waals surface area contributed by atoms with Gasteiger partial charge in [-0.15, -0.1) is 0 Å². The van der Waals surface area contributed by atoms with Crippen LogP contribution in [0.15, 0.2) is 12.2 Å². The van der Waals surface area contributed by atoms with Crippen LogP contribution < -0.4 is 5.32 Å². The molecule has 0 spiro atoms. The Balaban J connectivity index is 2.46. The predicted octanol–water partition coefficient (Wildman–Crippen LogP) is 2.27. The molecule has 2 unspecified atom stereocenters. The molecule has 2 atom stereocenters. The monoisotopic (exact) mass is 210 g/mol. The summed E-state index contributed by atoms with van der Waals surface area (Å²) in [5.74, 6) is 0.746. The van der Waals surface area contributed by atoms with E-state index in [-0.39, 0.29) is 0 Å². The lowest BCUT2D eigenvalue weighted by Crippen LogP contribution is -2.57. The third-order valence-corrected chi connectivity index (χ3v) is 3.24. The summed E-state index contributed by atoms with van der Waals surface area (Å²) in [6.45, 7) is 12.6. The average molecular weight is 210 g/mol. The SMILES string of the molecule is C/C=C/CCN1CC(C)NCC1C(C)C. The number of piperazine rings is 1. The molecule has 1 aliphatic rings. The molecular weight excluding hydrogens is 184 g/mol. The van der Waals surface area contributed by atoms with E-state index in [0.29, 0.717) is 12.1 Å². The summed E-state index contributed by atoms with van der Waals surface area (Å²) in [7, 11) is 0. The van der Waals surface area contributed by atoms with Crippen LogP contribution in [0.2, 0.25) is 0 Å². The molecule has 1 saturated heterocycles. The van der Waals surface area contributed by atoms with E-state index in [1.807, 2.05) is 0 Å². The lowest BCUT2D eigenvalue weighted by Gasteiger charge is -2.41. The van der Waals surface area contributed by atoms with Crippen molar-refractivity contribution in [3.63, 3.8) is 0 Å². The van der Waals surface area contributed by atoms with Gasteiger partial charge >= 0.3 is 0 Å². The molecule has 2 nitrogen and oxygen atoms in total. The number of nitrogens with one attached hydrogen (secondary N) is 1. The van der Waals surface area contributed by atoms with Gasteiger partial charge in [-0.05, 0) is 26.2 Å². The van der Waals surface area contributed by atoms with Crippen molar-refractivity contribution < 1.29 is 0 Å². The maximum atomic E-state index is 3.57. The second kappa shape index (κ2) is 6.29. The van der Waals surface area contributed by atoms with Gasteiger partial charge in [0, 0.05) is 31.7 Å². The van der Waals surface area contributed by atoms with E-state index in [1.165, 1.54) is 19.5 Å². The van der Waals surface area contributed by atoms with E-state index in [0.717, 1.165) is 12.5 Å². The highest BCUT2D eigenvalue weighted by Gasteiger charge is 2.26. The third kappa shape index (κ3) is 3.96. The van der Waals surface area contributed by atoms with Crippen LogP contribution in [0, 0.1) is 5.92 Å². The zero-order chi connectivity index (χ0) is 11.3. The standard InChI is InChI=1S/C13H26N2/c1-5-6-7-8-15-10-12(4)14-9-13(15)11(2)3/h5-6,11-14H,7-10H2,1-4H3/b6-5+. The van der Waals surface area contributed by atoms with Gasteiger partial charge in [0.05, 0.1) is 0 Å². The molecule has 0 bridgehead atoms. The lowest BCUT2D eigenvalue weighted by molar-refractivity contribution is 0.105. The summed E-state index contributed by atoms with van der Waals surface area (Å²) in [5, 5.41) is 3.57.